The highest BCUT2D eigenvalue weighted by molar-refractivity contribution is 5.79. The number of hydrogen-bond acceptors (Lipinski definition) is 5. The molecule has 1 rings (SSSR count). The van der Waals surface area contributed by atoms with E-state index in [1.807, 2.05) is 55.4 Å². The Bertz CT molecular complexity index is 448. The number of rotatable bonds is 3. The zero-order valence-electron chi connectivity index (χ0n) is 15.9. The molecule has 1 aliphatic rings. The predicted octanol–water partition coefficient (Wildman–Crippen LogP) is 3.19. The molecule has 0 aromatic heterocycles. The van der Waals surface area contributed by atoms with Gasteiger partial charge in [-0.2, -0.15) is 0 Å². The molecule has 0 aromatic rings. The summed E-state index contributed by atoms with van der Waals surface area (Å²) in [7, 11) is 1.30. The molecule has 1 heterocycles. The highest BCUT2D eigenvalue weighted by Crippen LogP contribution is 2.36. The third-order valence-electron chi connectivity index (χ3n) is 4.59. The molecule has 0 unspecified atom stereocenters. The van der Waals surface area contributed by atoms with Crippen molar-refractivity contribution in [2.24, 2.45) is 11.3 Å². The van der Waals surface area contributed by atoms with Crippen LogP contribution in [0.3, 0.4) is 0 Å². The standard InChI is InChI=1S/C17H31NO5/c1-11(15(2,3)4)12(13(19)21-9)23-14(20)18-16(5,6)10-22-17(18,7)8/h11-12H,10H2,1-9H3/t11-,12+/m0/s1. The molecule has 1 amide bonds. The first kappa shape index (κ1) is 19.7. The van der Waals surface area contributed by atoms with Crippen LogP contribution in [0.5, 0.6) is 0 Å². The maximum Gasteiger partial charge on any atom is 0.413 e. The molecule has 134 valence electrons. The summed E-state index contributed by atoms with van der Waals surface area (Å²) in [5.41, 5.74) is -1.51. The fraction of sp³-hybridized carbons (Fsp3) is 0.882. The summed E-state index contributed by atoms with van der Waals surface area (Å²) in [6.45, 7) is 15.7. The van der Waals surface area contributed by atoms with Crippen molar-refractivity contribution in [3.05, 3.63) is 0 Å². The lowest BCUT2D eigenvalue weighted by atomic mass is 9.78. The molecular weight excluding hydrogens is 298 g/mol. The van der Waals surface area contributed by atoms with Crippen LogP contribution in [0.4, 0.5) is 4.79 Å². The average Bonchev–Trinajstić information content (AvgIpc) is 2.62. The zero-order valence-corrected chi connectivity index (χ0v) is 15.9. The molecular formula is C17H31NO5. The van der Waals surface area contributed by atoms with Gasteiger partial charge in [-0.15, -0.1) is 0 Å². The van der Waals surface area contributed by atoms with E-state index in [-0.39, 0.29) is 11.3 Å². The number of nitrogens with zero attached hydrogens (tertiary/aromatic N) is 1. The van der Waals surface area contributed by atoms with Crippen LogP contribution < -0.4 is 0 Å². The first-order valence-corrected chi connectivity index (χ1v) is 7.97. The van der Waals surface area contributed by atoms with E-state index in [1.54, 1.807) is 4.90 Å². The van der Waals surface area contributed by atoms with E-state index < -0.39 is 29.4 Å². The minimum Gasteiger partial charge on any atom is -0.466 e. The SMILES string of the molecule is COC(=O)[C@H](OC(=O)N1C(C)(C)COC1(C)C)[C@H](C)C(C)(C)C. The van der Waals surface area contributed by atoms with Gasteiger partial charge in [-0.05, 0) is 33.1 Å². The van der Waals surface area contributed by atoms with Crippen LogP contribution in [-0.2, 0) is 19.0 Å². The molecule has 0 saturated carbocycles. The summed E-state index contributed by atoms with van der Waals surface area (Å²) in [6, 6.07) is 0. The van der Waals surface area contributed by atoms with Gasteiger partial charge in [0.25, 0.3) is 0 Å². The Kier molecular flexibility index (Phi) is 5.41. The van der Waals surface area contributed by atoms with Crippen molar-refractivity contribution in [2.45, 2.75) is 72.8 Å². The Morgan fingerprint density at radius 1 is 1.17 bits per heavy atom. The van der Waals surface area contributed by atoms with Crippen LogP contribution in [-0.4, -0.2) is 48.0 Å². The van der Waals surface area contributed by atoms with E-state index >= 15 is 0 Å². The smallest absolute Gasteiger partial charge is 0.413 e. The lowest BCUT2D eigenvalue weighted by Gasteiger charge is -2.39. The highest BCUT2D eigenvalue weighted by Gasteiger charge is 2.51. The molecule has 1 fully saturated rings. The average molecular weight is 329 g/mol. The van der Waals surface area contributed by atoms with E-state index in [1.165, 1.54) is 7.11 Å². The lowest BCUT2D eigenvalue weighted by Crippen LogP contribution is -2.55. The number of amides is 1. The fourth-order valence-corrected chi connectivity index (χ4v) is 2.76. The number of methoxy groups -OCH3 is 1. The van der Waals surface area contributed by atoms with Crippen molar-refractivity contribution in [3.63, 3.8) is 0 Å². The van der Waals surface area contributed by atoms with Gasteiger partial charge >= 0.3 is 12.1 Å². The minimum atomic E-state index is -0.959. The third-order valence-corrected chi connectivity index (χ3v) is 4.59. The van der Waals surface area contributed by atoms with Gasteiger partial charge in [0.2, 0.25) is 6.10 Å². The number of hydrogen-bond donors (Lipinski definition) is 0. The van der Waals surface area contributed by atoms with Gasteiger partial charge in [-0.25, -0.2) is 9.59 Å². The molecule has 0 bridgehead atoms. The van der Waals surface area contributed by atoms with Crippen molar-refractivity contribution in [2.75, 3.05) is 13.7 Å². The Balaban J connectivity index is 3.04. The summed E-state index contributed by atoms with van der Waals surface area (Å²) < 4.78 is 16.1. The largest absolute Gasteiger partial charge is 0.466 e. The van der Waals surface area contributed by atoms with E-state index in [9.17, 15) is 9.59 Å². The molecule has 2 atom stereocenters. The first-order valence-electron chi connectivity index (χ1n) is 7.97. The molecule has 0 spiro atoms. The van der Waals surface area contributed by atoms with Crippen LogP contribution in [0.15, 0.2) is 0 Å². The topological polar surface area (TPSA) is 65.1 Å². The van der Waals surface area contributed by atoms with Crippen LogP contribution >= 0.6 is 0 Å². The van der Waals surface area contributed by atoms with Gasteiger partial charge in [0.1, 0.15) is 5.72 Å². The Morgan fingerprint density at radius 3 is 2.04 bits per heavy atom. The molecule has 0 aromatic carbocycles. The molecule has 0 radical (unpaired) electrons. The predicted molar refractivity (Wildman–Crippen MR) is 86.9 cm³/mol. The molecule has 1 aliphatic heterocycles. The lowest BCUT2D eigenvalue weighted by molar-refractivity contribution is -0.158. The minimum absolute atomic E-state index is 0.200. The van der Waals surface area contributed by atoms with Gasteiger partial charge in [0.15, 0.2) is 0 Å². The van der Waals surface area contributed by atoms with E-state index in [2.05, 4.69) is 0 Å². The molecule has 23 heavy (non-hydrogen) atoms. The third kappa shape index (κ3) is 4.16. The monoisotopic (exact) mass is 329 g/mol. The normalized spacial score (nSPS) is 22.4. The maximum absolute atomic E-state index is 12.8. The van der Waals surface area contributed by atoms with E-state index in [0.717, 1.165) is 0 Å². The second kappa shape index (κ2) is 6.30. The van der Waals surface area contributed by atoms with Crippen LogP contribution in [0.25, 0.3) is 0 Å². The molecule has 1 saturated heterocycles. The highest BCUT2D eigenvalue weighted by atomic mass is 16.6. The number of carbonyl (C=O) groups is 2. The van der Waals surface area contributed by atoms with Gasteiger partial charge in [-0.3, -0.25) is 4.90 Å². The Morgan fingerprint density at radius 2 is 1.70 bits per heavy atom. The van der Waals surface area contributed by atoms with Crippen LogP contribution in [0.1, 0.15) is 55.4 Å². The van der Waals surface area contributed by atoms with Crippen molar-refractivity contribution in [1.29, 1.82) is 0 Å². The van der Waals surface area contributed by atoms with Gasteiger partial charge in [0, 0.05) is 5.92 Å². The first-order chi connectivity index (χ1) is 10.2. The van der Waals surface area contributed by atoms with Gasteiger partial charge in [0.05, 0.1) is 19.3 Å². The number of ether oxygens (including phenoxy) is 3. The van der Waals surface area contributed by atoms with Crippen LogP contribution in [0.2, 0.25) is 0 Å². The molecule has 6 nitrogen and oxygen atoms in total. The molecule has 0 N–H and O–H groups in total. The Labute approximate surface area is 139 Å². The van der Waals surface area contributed by atoms with E-state index in [0.29, 0.717) is 6.61 Å². The summed E-state index contributed by atoms with van der Waals surface area (Å²) >= 11 is 0. The summed E-state index contributed by atoms with van der Waals surface area (Å²) in [6.07, 6.45) is -1.52. The second-order valence-electron chi connectivity index (χ2n) is 8.37. The van der Waals surface area contributed by atoms with Crippen molar-refractivity contribution in [1.82, 2.24) is 4.90 Å². The summed E-state index contributed by atoms with van der Waals surface area (Å²) in [5.74, 6) is -0.745. The van der Waals surface area contributed by atoms with Gasteiger partial charge < -0.3 is 14.2 Å². The Hall–Kier alpha value is -1.30. The summed E-state index contributed by atoms with van der Waals surface area (Å²) in [5, 5.41) is 0. The van der Waals surface area contributed by atoms with E-state index in [4.69, 9.17) is 14.2 Å². The maximum atomic E-state index is 12.8. The second-order valence-corrected chi connectivity index (χ2v) is 8.37. The van der Waals surface area contributed by atoms with Crippen molar-refractivity contribution < 1.29 is 23.8 Å². The van der Waals surface area contributed by atoms with Crippen molar-refractivity contribution in [3.8, 4) is 0 Å². The zero-order chi connectivity index (χ0) is 18.2. The number of carbonyl (C=O) groups excluding carboxylic acids is 2. The fourth-order valence-electron chi connectivity index (χ4n) is 2.76. The van der Waals surface area contributed by atoms with Crippen molar-refractivity contribution >= 4 is 12.1 Å². The quantitative estimate of drug-likeness (QED) is 0.744. The summed E-state index contributed by atoms with van der Waals surface area (Å²) in [4.78, 5) is 26.4. The number of esters is 1. The van der Waals surface area contributed by atoms with Gasteiger partial charge in [-0.1, -0.05) is 27.7 Å². The van der Waals surface area contributed by atoms with Crippen LogP contribution in [0, 0.1) is 11.3 Å². The molecule has 6 heteroatoms. The molecule has 0 aliphatic carbocycles.